The Kier molecular flexibility index (Phi) is 2.66. The molecule has 0 aromatic rings. The lowest BCUT2D eigenvalue weighted by Crippen LogP contribution is -2.40. The van der Waals surface area contributed by atoms with Crippen LogP contribution in [-0.4, -0.2) is 23.1 Å². The second-order valence-corrected chi connectivity index (χ2v) is 1.53. The van der Waals surface area contributed by atoms with Crippen molar-refractivity contribution in [2.45, 2.75) is 13.0 Å². The number of hydrogen-bond acceptors (Lipinski definition) is 3. The standard InChI is InChI=1S/C4H8N2O3/c1-2(7)3(8)6-4(5)9/h2,7H,1H3,(H3,5,6,8,9). The van der Waals surface area contributed by atoms with Crippen LogP contribution in [0.3, 0.4) is 0 Å². The molecule has 5 heteroatoms. The summed E-state index contributed by atoms with van der Waals surface area (Å²) in [6.45, 7) is 1.23. The van der Waals surface area contributed by atoms with E-state index in [0.717, 1.165) is 0 Å². The molecule has 0 spiro atoms. The van der Waals surface area contributed by atoms with Gasteiger partial charge in [-0.15, -0.1) is 0 Å². The summed E-state index contributed by atoms with van der Waals surface area (Å²) in [5.41, 5.74) is 4.55. The highest BCUT2D eigenvalue weighted by Crippen LogP contribution is 1.76. The first kappa shape index (κ1) is 7.90. The lowest BCUT2D eigenvalue weighted by atomic mass is 10.4. The molecule has 9 heavy (non-hydrogen) atoms. The third-order valence-electron chi connectivity index (χ3n) is 0.626. The zero-order chi connectivity index (χ0) is 7.44. The van der Waals surface area contributed by atoms with Gasteiger partial charge in [-0.05, 0) is 6.92 Å². The fourth-order valence-electron chi connectivity index (χ4n) is 0.226. The van der Waals surface area contributed by atoms with E-state index in [9.17, 15) is 9.59 Å². The number of imide groups is 1. The lowest BCUT2D eigenvalue weighted by Gasteiger charge is -2.00. The molecule has 0 fully saturated rings. The van der Waals surface area contributed by atoms with Crippen molar-refractivity contribution < 1.29 is 14.7 Å². The molecule has 0 aromatic carbocycles. The summed E-state index contributed by atoms with van der Waals surface area (Å²) in [6.07, 6.45) is -1.20. The Labute approximate surface area is 51.8 Å². The average Bonchev–Trinajstić information content (AvgIpc) is 1.63. The fraction of sp³-hybridized carbons (Fsp3) is 0.500. The molecule has 0 aliphatic heterocycles. The van der Waals surface area contributed by atoms with Gasteiger partial charge in [-0.25, -0.2) is 4.79 Å². The van der Waals surface area contributed by atoms with Crippen molar-refractivity contribution in [2.75, 3.05) is 0 Å². The van der Waals surface area contributed by atoms with Gasteiger partial charge in [-0.1, -0.05) is 0 Å². The van der Waals surface area contributed by atoms with Gasteiger partial charge < -0.3 is 10.8 Å². The van der Waals surface area contributed by atoms with Crippen molar-refractivity contribution in [3.63, 3.8) is 0 Å². The van der Waals surface area contributed by atoms with Gasteiger partial charge in [0.1, 0.15) is 6.10 Å². The number of urea groups is 1. The van der Waals surface area contributed by atoms with Crippen molar-refractivity contribution >= 4 is 11.9 Å². The van der Waals surface area contributed by atoms with Crippen LogP contribution in [0.4, 0.5) is 4.79 Å². The first-order valence-electron chi connectivity index (χ1n) is 2.32. The summed E-state index contributed by atoms with van der Waals surface area (Å²) in [6, 6.07) is -0.957. The highest BCUT2D eigenvalue weighted by Gasteiger charge is 2.08. The van der Waals surface area contributed by atoms with Crippen LogP contribution in [0.25, 0.3) is 0 Å². The molecule has 0 aromatic heterocycles. The van der Waals surface area contributed by atoms with Crippen LogP contribution in [0.2, 0.25) is 0 Å². The predicted molar refractivity (Wildman–Crippen MR) is 29.4 cm³/mol. The molecular weight excluding hydrogens is 124 g/mol. The largest absolute Gasteiger partial charge is 0.384 e. The fourth-order valence-corrected chi connectivity index (χ4v) is 0.226. The van der Waals surface area contributed by atoms with E-state index in [0.29, 0.717) is 0 Å². The summed E-state index contributed by atoms with van der Waals surface area (Å²) >= 11 is 0. The van der Waals surface area contributed by atoms with E-state index in [1.807, 2.05) is 0 Å². The molecule has 1 atom stereocenters. The van der Waals surface area contributed by atoms with Crippen LogP contribution in [0.1, 0.15) is 6.92 Å². The van der Waals surface area contributed by atoms with Crippen molar-refractivity contribution in [3.05, 3.63) is 0 Å². The lowest BCUT2D eigenvalue weighted by molar-refractivity contribution is -0.127. The van der Waals surface area contributed by atoms with Gasteiger partial charge in [0.2, 0.25) is 0 Å². The van der Waals surface area contributed by atoms with Gasteiger partial charge >= 0.3 is 6.03 Å². The third kappa shape index (κ3) is 3.48. The quantitative estimate of drug-likeness (QED) is 0.408. The van der Waals surface area contributed by atoms with Gasteiger partial charge in [0.15, 0.2) is 0 Å². The number of carbonyl (C=O) groups is 2. The van der Waals surface area contributed by atoms with Crippen LogP contribution >= 0.6 is 0 Å². The van der Waals surface area contributed by atoms with Crippen molar-refractivity contribution in [3.8, 4) is 0 Å². The zero-order valence-corrected chi connectivity index (χ0v) is 4.92. The Bertz CT molecular complexity index is 132. The second-order valence-electron chi connectivity index (χ2n) is 1.53. The zero-order valence-electron chi connectivity index (χ0n) is 4.92. The first-order valence-corrected chi connectivity index (χ1v) is 2.32. The van der Waals surface area contributed by atoms with E-state index >= 15 is 0 Å². The molecule has 4 N–H and O–H groups in total. The van der Waals surface area contributed by atoms with Crippen LogP contribution in [-0.2, 0) is 4.79 Å². The summed E-state index contributed by atoms with van der Waals surface area (Å²) in [5, 5.41) is 10.1. The molecule has 0 rings (SSSR count). The highest BCUT2D eigenvalue weighted by atomic mass is 16.3. The smallest absolute Gasteiger partial charge is 0.318 e. The highest BCUT2D eigenvalue weighted by molar-refractivity contribution is 5.95. The summed E-state index contributed by atoms with van der Waals surface area (Å²) in [4.78, 5) is 20.2. The van der Waals surface area contributed by atoms with E-state index in [2.05, 4.69) is 5.73 Å². The molecule has 0 bridgehead atoms. The van der Waals surface area contributed by atoms with Crippen LogP contribution < -0.4 is 11.1 Å². The maximum Gasteiger partial charge on any atom is 0.318 e. The van der Waals surface area contributed by atoms with Gasteiger partial charge in [-0.2, -0.15) is 0 Å². The topological polar surface area (TPSA) is 92.4 Å². The molecular formula is C4H8N2O3. The van der Waals surface area contributed by atoms with Gasteiger partial charge in [0.25, 0.3) is 5.91 Å². The Morgan fingerprint density at radius 2 is 2.11 bits per heavy atom. The molecule has 3 amide bonds. The maximum atomic E-state index is 10.3. The molecule has 0 heterocycles. The number of aliphatic hydroxyl groups is 1. The van der Waals surface area contributed by atoms with Gasteiger partial charge in [0.05, 0.1) is 0 Å². The van der Waals surface area contributed by atoms with Crippen LogP contribution in [0.15, 0.2) is 0 Å². The van der Waals surface area contributed by atoms with Crippen molar-refractivity contribution in [2.24, 2.45) is 5.73 Å². The SMILES string of the molecule is CC(O)C(=O)NC(N)=O. The average molecular weight is 132 g/mol. The summed E-state index contributed by atoms with van der Waals surface area (Å²) < 4.78 is 0. The molecule has 0 saturated heterocycles. The van der Waals surface area contributed by atoms with E-state index in [1.54, 1.807) is 5.32 Å². The van der Waals surface area contributed by atoms with E-state index in [1.165, 1.54) is 6.92 Å². The number of carbonyl (C=O) groups excluding carboxylic acids is 2. The normalized spacial score (nSPS) is 12.2. The summed E-state index contributed by atoms with van der Waals surface area (Å²) in [7, 11) is 0. The third-order valence-corrected chi connectivity index (χ3v) is 0.626. The minimum atomic E-state index is -1.20. The molecule has 5 nitrogen and oxygen atoms in total. The Morgan fingerprint density at radius 3 is 2.22 bits per heavy atom. The Morgan fingerprint density at radius 1 is 1.67 bits per heavy atom. The minimum Gasteiger partial charge on any atom is -0.384 e. The van der Waals surface area contributed by atoms with Gasteiger partial charge in [-0.3, -0.25) is 10.1 Å². The second kappa shape index (κ2) is 3.03. The Balaban J connectivity index is 3.64. The molecule has 0 radical (unpaired) electrons. The molecule has 52 valence electrons. The number of rotatable bonds is 1. The number of nitrogens with two attached hydrogens (primary N) is 1. The monoisotopic (exact) mass is 132 g/mol. The summed E-state index contributed by atoms with van der Waals surface area (Å²) in [5.74, 6) is -0.789. The number of aliphatic hydroxyl groups excluding tert-OH is 1. The molecule has 0 aliphatic rings. The van der Waals surface area contributed by atoms with E-state index in [4.69, 9.17) is 5.11 Å². The van der Waals surface area contributed by atoms with Crippen molar-refractivity contribution in [1.82, 2.24) is 5.32 Å². The minimum absolute atomic E-state index is 0.789. The van der Waals surface area contributed by atoms with Crippen LogP contribution in [0.5, 0.6) is 0 Å². The van der Waals surface area contributed by atoms with Crippen molar-refractivity contribution in [1.29, 1.82) is 0 Å². The van der Waals surface area contributed by atoms with E-state index in [-0.39, 0.29) is 0 Å². The number of amides is 3. The van der Waals surface area contributed by atoms with E-state index < -0.39 is 18.0 Å². The van der Waals surface area contributed by atoms with Gasteiger partial charge in [0, 0.05) is 0 Å². The molecule has 1 unspecified atom stereocenters. The number of nitrogens with one attached hydrogen (secondary N) is 1. The number of primary amides is 1. The van der Waals surface area contributed by atoms with Crippen LogP contribution in [0, 0.1) is 0 Å². The maximum absolute atomic E-state index is 10.3. The predicted octanol–water partition coefficient (Wildman–Crippen LogP) is -1.44. The first-order chi connectivity index (χ1) is 4.04. The number of hydrogen-bond donors (Lipinski definition) is 3. The molecule has 0 aliphatic carbocycles. The Hall–Kier alpha value is -1.10. The molecule has 0 saturated carbocycles.